The molecule has 1 aromatic rings. The van der Waals surface area contributed by atoms with E-state index in [0.717, 1.165) is 16.8 Å². The highest BCUT2D eigenvalue weighted by molar-refractivity contribution is 5.92. The first-order valence-corrected chi connectivity index (χ1v) is 6.37. The highest BCUT2D eigenvalue weighted by Crippen LogP contribution is 2.22. The molecule has 1 rings (SSSR count). The highest BCUT2D eigenvalue weighted by Gasteiger charge is 2.15. The summed E-state index contributed by atoms with van der Waals surface area (Å²) < 4.78 is 0. The minimum absolute atomic E-state index is 0.0935. The van der Waals surface area contributed by atoms with Crippen molar-refractivity contribution in [2.24, 2.45) is 5.92 Å². The average molecular weight is 249 g/mol. The van der Waals surface area contributed by atoms with Crippen LogP contribution in [0.15, 0.2) is 12.1 Å². The van der Waals surface area contributed by atoms with E-state index in [0.29, 0.717) is 0 Å². The van der Waals surface area contributed by atoms with Crippen LogP contribution in [0.3, 0.4) is 0 Å². The van der Waals surface area contributed by atoms with Crippen LogP contribution in [0.25, 0.3) is 0 Å². The third kappa shape index (κ3) is 3.84. The quantitative estimate of drug-likeness (QED) is 0.862. The molecule has 3 nitrogen and oxygen atoms in total. The molecule has 2 N–H and O–H groups in total. The third-order valence-corrected chi connectivity index (χ3v) is 3.11. The van der Waals surface area contributed by atoms with E-state index in [1.165, 1.54) is 5.56 Å². The van der Waals surface area contributed by atoms with E-state index in [2.05, 4.69) is 5.32 Å². The molecule has 0 saturated carbocycles. The Morgan fingerprint density at radius 1 is 1.22 bits per heavy atom. The van der Waals surface area contributed by atoms with Crippen molar-refractivity contribution in [1.29, 1.82) is 0 Å². The van der Waals surface area contributed by atoms with Gasteiger partial charge >= 0.3 is 0 Å². The monoisotopic (exact) mass is 249 g/mol. The lowest BCUT2D eigenvalue weighted by Crippen LogP contribution is -2.24. The molecule has 0 aliphatic rings. The van der Waals surface area contributed by atoms with E-state index in [-0.39, 0.29) is 18.2 Å². The molecule has 0 aliphatic carbocycles. The first-order chi connectivity index (χ1) is 8.31. The highest BCUT2D eigenvalue weighted by atomic mass is 16.3. The number of aliphatic hydroxyl groups is 1. The van der Waals surface area contributed by atoms with Crippen LogP contribution in [0.2, 0.25) is 0 Å². The van der Waals surface area contributed by atoms with Gasteiger partial charge < -0.3 is 10.4 Å². The Labute approximate surface area is 109 Å². The minimum atomic E-state index is -0.587. The molecule has 100 valence electrons. The van der Waals surface area contributed by atoms with E-state index in [4.69, 9.17) is 0 Å². The summed E-state index contributed by atoms with van der Waals surface area (Å²) in [6.45, 7) is 9.80. The summed E-state index contributed by atoms with van der Waals surface area (Å²) in [6, 6.07) is 4.09. The van der Waals surface area contributed by atoms with E-state index < -0.39 is 6.10 Å². The molecule has 0 bridgehead atoms. The SMILES string of the molecule is Cc1cc(C)c(NC(=O)CC(O)C(C)C)c(C)c1. The van der Waals surface area contributed by atoms with Crippen molar-refractivity contribution in [1.82, 2.24) is 0 Å². The molecule has 1 atom stereocenters. The fourth-order valence-electron chi connectivity index (χ4n) is 1.99. The van der Waals surface area contributed by atoms with E-state index >= 15 is 0 Å². The fraction of sp³-hybridized carbons (Fsp3) is 0.533. The largest absolute Gasteiger partial charge is 0.392 e. The Balaban J connectivity index is 2.77. The maximum absolute atomic E-state index is 11.8. The van der Waals surface area contributed by atoms with Gasteiger partial charge in [0.2, 0.25) is 5.91 Å². The molecule has 3 heteroatoms. The van der Waals surface area contributed by atoms with E-state index in [1.807, 2.05) is 46.8 Å². The van der Waals surface area contributed by atoms with Crippen LogP contribution in [-0.2, 0) is 4.79 Å². The number of carbonyl (C=O) groups excluding carboxylic acids is 1. The van der Waals surface area contributed by atoms with Gasteiger partial charge in [0.25, 0.3) is 0 Å². The van der Waals surface area contributed by atoms with Crippen LogP contribution in [0, 0.1) is 26.7 Å². The summed E-state index contributed by atoms with van der Waals surface area (Å²) in [5.41, 5.74) is 4.16. The van der Waals surface area contributed by atoms with Gasteiger partial charge in [0.15, 0.2) is 0 Å². The maximum atomic E-state index is 11.8. The Kier molecular flexibility index (Phi) is 4.91. The maximum Gasteiger partial charge on any atom is 0.227 e. The topological polar surface area (TPSA) is 49.3 Å². The first-order valence-electron chi connectivity index (χ1n) is 6.37. The lowest BCUT2D eigenvalue weighted by Gasteiger charge is -2.16. The number of hydrogen-bond donors (Lipinski definition) is 2. The molecule has 1 unspecified atom stereocenters. The zero-order valence-electron chi connectivity index (χ0n) is 11.9. The smallest absolute Gasteiger partial charge is 0.227 e. The Morgan fingerprint density at radius 3 is 2.17 bits per heavy atom. The lowest BCUT2D eigenvalue weighted by molar-refractivity contribution is -0.118. The minimum Gasteiger partial charge on any atom is -0.392 e. The first kappa shape index (κ1) is 14.7. The number of aliphatic hydroxyl groups excluding tert-OH is 1. The number of benzene rings is 1. The van der Waals surface area contributed by atoms with E-state index in [1.54, 1.807) is 0 Å². The summed E-state index contributed by atoms with van der Waals surface area (Å²) in [6.07, 6.45) is -0.444. The van der Waals surface area contributed by atoms with Crippen molar-refractivity contribution in [2.45, 2.75) is 47.1 Å². The summed E-state index contributed by atoms with van der Waals surface area (Å²) >= 11 is 0. The van der Waals surface area contributed by atoms with Crippen LogP contribution in [-0.4, -0.2) is 17.1 Å². The molecular formula is C15H23NO2. The average Bonchev–Trinajstić information content (AvgIpc) is 2.23. The molecule has 0 aromatic heterocycles. The van der Waals surface area contributed by atoms with Crippen molar-refractivity contribution < 1.29 is 9.90 Å². The normalized spacial score (nSPS) is 12.6. The van der Waals surface area contributed by atoms with Crippen molar-refractivity contribution in [3.63, 3.8) is 0 Å². The molecule has 0 fully saturated rings. The summed E-state index contributed by atoms with van der Waals surface area (Å²) in [5, 5.41) is 12.6. The van der Waals surface area contributed by atoms with E-state index in [9.17, 15) is 9.90 Å². The third-order valence-electron chi connectivity index (χ3n) is 3.11. The van der Waals surface area contributed by atoms with Crippen molar-refractivity contribution in [2.75, 3.05) is 5.32 Å². The zero-order chi connectivity index (χ0) is 13.9. The van der Waals surface area contributed by atoms with Gasteiger partial charge in [-0.2, -0.15) is 0 Å². The summed E-state index contributed by atoms with van der Waals surface area (Å²) in [4.78, 5) is 11.8. The van der Waals surface area contributed by atoms with Crippen molar-refractivity contribution in [3.05, 3.63) is 28.8 Å². The molecule has 0 aliphatic heterocycles. The Hall–Kier alpha value is -1.35. The predicted molar refractivity (Wildman–Crippen MR) is 74.7 cm³/mol. The van der Waals surface area contributed by atoms with Gasteiger partial charge in [-0.3, -0.25) is 4.79 Å². The van der Waals surface area contributed by atoms with Gasteiger partial charge in [-0.05, 0) is 37.8 Å². The molecule has 18 heavy (non-hydrogen) atoms. The van der Waals surface area contributed by atoms with Crippen LogP contribution in [0.1, 0.15) is 37.0 Å². The molecule has 0 saturated heterocycles. The van der Waals surface area contributed by atoms with Gasteiger partial charge in [0, 0.05) is 5.69 Å². The van der Waals surface area contributed by atoms with Gasteiger partial charge in [0.1, 0.15) is 0 Å². The second-order valence-electron chi connectivity index (χ2n) is 5.34. The molecule has 0 radical (unpaired) electrons. The number of nitrogens with one attached hydrogen (secondary N) is 1. The molecule has 1 amide bonds. The van der Waals surface area contributed by atoms with Crippen LogP contribution in [0.5, 0.6) is 0 Å². The number of amides is 1. The van der Waals surface area contributed by atoms with Crippen molar-refractivity contribution >= 4 is 11.6 Å². The molecular weight excluding hydrogens is 226 g/mol. The second kappa shape index (κ2) is 6.01. The summed E-state index contributed by atoms with van der Waals surface area (Å²) in [5.74, 6) is -0.0396. The van der Waals surface area contributed by atoms with Gasteiger partial charge in [-0.1, -0.05) is 31.5 Å². The Morgan fingerprint density at radius 2 is 1.72 bits per heavy atom. The number of carbonyl (C=O) groups is 1. The standard InChI is InChI=1S/C15H23NO2/c1-9(2)13(17)8-14(18)16-15-11(4)6-10(3)7-12(15)5/h6-7,9,13,17H,8H2,1-5H3,(H,16,18). The zero-order valence-corrected chi connectivity index (χ0v) is 11.9. The van der Waals surface area contributed by atoms with Gasteiger partial charge in [-0.25, -0.2) is 0 Å². The van der Waals surface area contributed by atoms with Crippen LogP contribution < -0.4 is 5.32 Å². The van der Waals surface area contributed by atoms with Crippen LogP contribution >= 0.6 is 0 Å². The molecule has 1 aromatic carbocycles. The van der Waals surface area contributed by atoms with Crippen molar-refractivity contribution in [3.8, 4) is 0 Å². The second-order valence-corrected chi connectivity index (χ2v) is 5.34. The van der Waals surface area contributed by atoms with Gasteiger partial charge in [0.05, 0.1) is 12.5 Å². The van der Waals surface area contributed by atoms with Crippen LogP contribution in [0.4, 0.5) is 5.69 Å². The number of hydrogen-bond acceptors (Lipinski definition) is 2. The predicted octanol–water partition coefficient (Wildman–Crippen LogP) is 2.96. The number of aryl methyl sites for hydroxylation is 3. The molecule has 0 spiro atoms. The lowest BCUT2D eigenvalue weighted by atomic mass is 10.0. The number of rotatable bonds is 4. The fourth-order valence-corrected chi connectivity index (χ4v) is 1.99. The Bertz CT molecular complexity index is 415. The summed E-state index contributed by atoms with van der Waals surface area (Å²) in [7, 11) is 0. The van der Waals surface area contributed by atoms with Gasteiger partial charge in [-0.15, -0.1) is 0 Å². The molecule has 0 heterocycles. The number of anilines is 1.